The van der Waals surface area contributed by atoms with Crippen LogP contribution in [0.4, 0.5) is 0 Å². The highest BCUT2D eigenvalue weighted by Gasteiger charge is 2.26. The molecule has 6 nitrogen and oxygen atoms in total. The van der Waals surface area contributed by atoms with Gasteiger partial charge in [-0.25, -0.2) is 0 Å². The Morgan fingerprint density at radius 2 is 2.04 bits per heavy atom. The van der Waals surface area contributed by atoms with Gasteiger partial charge in [-0.05, 0) is 31.5 Å². The molecule has 0 radical (unpaired) electrons. The lowest BCUT2D eigenvalue weighted by molar-refractivity contribution is -0.124. The third-order valence-electron chi connectivity index (χ3n) is 4.44. The second-order valence-corrected chi connectivity index (χ2v) is 7.08. The van der Waals surface area contributed by atoms with Gasteiger partial charge in [0.25, 0.3) is 0 Å². The van der Waals surface area contributed by atoms with E-state index in [1.165, 1.54) is 11.8 Å². The van der Waals surface area contributed by atoms with E-state index < -0.39 is 0 Å². The van der Waals surface area contributed by atoms with E-state index in [9.17, 15) is 4.79 Å². The van der Waals surface area contributed by atoms with Crippen LogP contribution in [0, 0.1) is 17.2 Å². The predicted molar refractivity (Wildman–Crippen MR) is 100 cm³/mol. The molecule has 0 aliphatic carbocycles. The maximum Gasteiger partial charge on any atom is 0.229 e. The first-order chi connectivity index (χ1) is 12.3. The first-order valence-electron chi connectivity index (χ1n) is 8.49. The summed E-state index contributed by atoms with van der Waals surface area (Å²) >= 11 is 1.51. The van der Waals surface area contributed by atoms with Crippen molar-refractivity contribution in [3.8, 4) is 6.07 Å². The summed E-state index contributed by atoms with van der Waals surface area (Å²) in [5.74, 6) is 0.751. The van der Waals surface area contributed by atoms with Crippen LogP contribution >= 0.6 is 11.8 Å². The van der Waals surface area contributed by atoms with Crippen LogP contribution in [0.2, 0.25) is 0 Å². The van der Waals surface area contributed by atoms with Crippen molar-refractivity contribution < 1.29 is 4.79 Å². The van der Waals surface area contributed by atoms with Gasteiger partial charge in [0.1, 0.15) is 0 Å². The maximum atomic E-state index is 12.4. The lowest BCUT2D eigenvalue weighted by Crippen LogP contribution is -2.42. The molecule has 0 unspecified atom stereocenters. The Balaban J connectivity index is 1.50. The number of carbonyl (C=O) groups excluding carboxylic acids is 1. The van der Waals surface area contributed by atoms with E-state index in [1.54, 1.807) is 0 Å². The van der Waals surface area contributed by atoms with Crippen molar-refractivity contribution in [1.82, 2.24) is 10.2 Å². The molecule has 2 aliphatic heterocycles. The molecule has 1 saturated heterocycles. The molecule has 0 aromatic heterocycles. The van der Waals surface area contributed by atoms with Crippen LogP contribution in [0.25, 0.3) is 0 Å². The first kappa shape index (κ1) is 17.6. The Bertz CT molecular complexity index is 702. The molecule has 0 saturated carbocycles. The molecule has 0 atom stereocenters. The molecule has 2 aliphatic rings. The summed E-state index contributed by atoms with van der Waals surface area (Å²) in [5.41, 5.74) is 1.99. The summed E-state index contributed by atoms with van der Waals surface area (Å²) in [7, 11) is 0. The standard InChI is InChI=1S/C18H21N5OS/c19-9-4-10-23-11-7-15(8-12-23)17(24)20-18-22-21-16(13-25-18)14-5-2-1-3-6-14/h1-3,5-6,15H,4,7-8,10-13H2,(H,20,22,24). The van der Waals surface area contributed by atoms with E-state index in [0.29, 0.717) is 17.3 Å². The van der Waals surface area contributed by atoms with E-state index in [2.05, 4.69) is 26.5 Å². The SMILES string of the molecule is N#CCCN1CCC(C(=O)NC2=NN=C(c3ccccc3)CS2)CC1. The third-order valence-corrected chi connectivity index (χ3v) is 5.32. The number of hydrogen-bond acceptors (Lipinski definition) is 6. The van der Waals surface area contributed by atoms with Gasteiger partial charge in [0.2, 0.25) is 5.91 Å². The fraction of sp³-hybridized carbons (Fsp3) is 0.444. The molecule has 1 N–H and O–H groups in total. The van der Waals surface area contributed by atoms with Crippen LogP contribution < -0.4 is 5.32 Å². The van der Waals surface area contributed by atoms with E-state index in [1.807, 2.05) is 30.3 Å². The van der Waals surface area contributed by atoms with Crippen LogP contribution in [0.5, 0.6) is 0 Å². The zero-order valence-corrected chi connectivity index (χ0v) is 14.8. The van der Waals surface area contributed by atoms with Crippen molar-refractivity contribution in [2.75, 3.05) is 25.4 Å². The first-order valence-corrected chi connectivity index (χ1v) is 9.47. The molecule has 0 spiro atoms. The summed E-state index contributed by atoms with van der Waals surface area (Å²) in [4.78, 5) is 14.7. The number of piperidine rings is 1. The van der Waals surface area contributed by atoms with Gasteiger partial charge in [0.05, 0.1) is 11.8 Å². The molecule has 1 aromatic rings. The number of hydrogen-bond donors (Lipinski definition) is 1. The van der Waals surface area contributed by atoms with Gasteiger partial charge in [0, 0.05) is 24.6 Å². The summed E-state index contributed by atoms with van der Waals surface area (Å²) in [6.07, 6.45) is 2.20. The smallest absolute Gasteiger partial charge is 0.229 e. The highest BCUT2D eigenvalue weighted by Crippen LogP contribution is 2.19. The molecule has 1 aromatic carbocycles. The third kappa shape index (κ3) is 4.91. The lowest BCUT2D eigenvalue weighted by Gasteiger charge is -2.30. The number of nitriles is 1. The number of amidine groups is 1. The minimum Gasteiger partial charge on any atom is -0.303 e. The van der Waals surface area contributed by atoms with Crippen LogP contribution in [-0.4, -0.2) is 47.1 Å². The number of nitrogens with one attached hydrogen (secondary N) is 1. The highest BCUT2D eigenvalue weighted by molar-refractivity contribution is 8.14. The Morgan fingerprint density at radius 1 is 1.28 bits per heavy atom. The number of carbonyl (C=O) groups is 1. The molecule has 25 heavy (non-hydrogen) atoms. The molecule has 7 heteroatoms. The topological polar surface area (TPSA) is 80.9 Å². The number of amides is 1. The number of benzene rings is 1. The predicted octanol–water partition coefficient (Wildman–Crippen LogP) is 2.24. The summed E-state index contributed by atoms with van der Waals surface area (Å²) in [5, 5.41) is 20.6. The van der Waals surface area contributed by atoms with Gasteiger partial charge >= 0.3 is 0 Å². The minimum atomic E-state index is 0.0149. The van der Waals surface area contributed by atoms with Crippen molar-refractivity contribution in [2.45, 2.75) is 19.3 Å². The fourth-order valence-corrected chi connectivity index (χ4v) is 3.74. The van der Waals surface area contributed by atoms with Gasteiger partial charge in [0.15, 0.2) is 5.17 Å². The van der Waals surface area contributed by atoms with Crippen LogP contribution in [0.15, 0.2) is 40.5 Å². The monoisotopic (exact) mass is 355 g/mol. The number of rotatable bonds is 4. The fourth-order valence-electron chi connectivity index (χ4n) is 2.97. The zero-order valence-electron chi connectivity index (χ0n) is 14.0. The van der Waals surface area contributed by atoms with Gasteiger partial charge in [-0.1, -0.05) is 42.1 Å². The summed E-state index contributed by atoms with van der Waals surface area (Å²) in [6, 6.07) is 12.1. The average Bonchev–Trinajstić information content (AvgIpc) is 2.68. The average molecular weight is 355 g/mol. The second-order valence-electron chi connectivity index (χ2n) is 6.12. The Labute approximate surface area is 152 Å². The lowest BCUT2D eigenvalue weighted by atomic mass is 9.96. The molecule has 1 fully saturated rings. The van der Waals surface area contributed by atoms with E-state index in [-0.39, 0.29) is 11.8 Å². The van der Waals surface area contributed by atoms with Crippen molar-refractivity contribution in [1.29, 1.82) is 5.26 Å². The molecular weight excluding hydrogens is 334 g/mol. The highest BCUT2D eigenvalue weighted by atomic mass is 32.2. The Morgan fingerprint density at radius 3 is 2.68 bits per heavy atom. The summed E-state index contributed by atoms with van der Waals surface area (Å²) < 4.78 is 0. The van der Waals surface area contributed by atoms with Crippen molar-refractivity contribution in [3.05, 3.63) is 35.9 Å². The van der Waals surface area contributed by atoms with Crippen LogP contribution in [-0.2, 0) is 4.79 Å². The largest absolute Gasteiger partial charge is 0.303 e. The molecule has 1 amide bonds. The van der Waals surface area contributed by atoms with Gasteiger partial charge < -0.3 is 10.2 Å². The van der Waals surface area contributed by atoms with Gasteiger partial charge in [-0.3, -0.25) is 4.79 Å². The van der Waals surface area contributed by atoms with Crippen molar-refractivity contribution in [3.63, 3.8) is 0 Å². The van der Waals surface area contributed by atoms with Crippen LogP contribution in [0.3, 0.4) is 0 Å². The molecule has 130 valence electrons. The van der Waals surface area contributed by atoms with E-state index in [4.69, 9.17) is 5.26 Å². The molecule has 3 rings (SSSR count). The maximum absolute atomic E-state index is 12.4. The van der Waals surface area contributed by atoms with Crippen molar-refractivity contribution >= 4 is 28.5 Å². The van der Waals surface area contributed by atoms with Gasteiger partial charge in [-0.15, -0.1) is 5.10 Å². The van der Waals surface area contributed by atoms with Crippen molar-refractivity contribution in [2.24, 2.45) is 16.1 Å². The summed E-state index contributed by atoms with van der Waals surface area (Å²) in [6.45, 7) is 2.54. The Hall–Kier alpha value is -2.17. The second kappa shape index (κ2) is 8.79. The minimum absolute atomic E-state index is 0.0149. The number of nitrogens with zero attached hydrogens (tertiary/aromatic N) is 4. The molecule has 2 heterocycles. The number of likely N-dealkylation sites (tertiary alicyclic amines) is 1. The quantitative estimate of drug-likeness (QED) is 0.898. The zero-order chi connectivity index (χ0) is 17.5. The van der Waals surface area contributed by atoms with E-state index >= 15 is 0 Å². The normalized spacial score (nSPS) is 18.8. The number of thioether (sulfide) groups is 1. The van der Waals surface area contributed by atoms with Crippen LogP contribution in [0.1, 0.15) is 24.8 Å². The molecular formula is C18H21N5OS. The molecule has 0 bridgehead atoms. The van der Waals surface area contributed by atoms with E-state index in [0.717, 1.165) is 43.8 Å². The Kier molecular flexibility index (Phi) is 6.20. The van der Waals surface area contributed by atoms with Gasteiger partial charge in [-0.2, -0.15) is 10.4 Å².